The molecule has 0 aliphatic carbocycles. The van der Waals surface area contributed by atoms with Gasteiger partial charge >= 0.3 is 0 Å². The molecule has 0 radical (unpaired) electrons. The maximum atomic E-state index is 5.99. The molecule has 1 aliphatic heterocycles. The van der Waals surface area contributed by atoms with E-state index in [9.17, 15) is 0 Å². The Bertz CT molecular complexity index is 327. The van der Waals surface area contributed by atoms with Crippen LogP contribution in [-0.2, 0) is 13.1 Å². The second-order valence-electron chi connectivity index (χ2n) is 4.02. The van der Waals surface area contributed by atoms with Gasteiger partial charge in [0.15, 0.2) is 0 Å². The van der Waals surface area contributed by atoms with Crippen molar-refractivity contribution in [3.63, 3.8) is 0 Å². The Balaban J connectivity index is 2.41. The maximum absolute atomic E-state index is 5.99. The molecule has 0 bridgehead atoms. The number of rotatable bonds is 1. The number of anilines is 1. The third-order valence-corrected chi connectivity index (χ3v) is 2.47. The third kappa shape index (κ3) is 1.21. The van der Waals surface area contributed by atoms with Gasteiger partial charge in [0.1, 0.15) is 5.82 Å². The van der Waals surface area contributed by atoms with Crippen LogP contribution < -0.4 is 5.73 Å². The largest absolute Gasteiger partial charge is 0.384 e. The molecule has 2 rings (SSSR count). The van der Waals surface area contributed by atoms with Gasteiger partial charge in [0, 0.05) is 24.7 Å². The van der Waals surface area contributed by atoms with Gasteiger partial charge in [-0.2, -0.15) is 5.10 Å². The van der Waals surface area contributed by atoms with Gasteiger partial charge in [-0.3, -0.25) is 4.90 Å². The smallest absolute Gasteiger partial charge is 0.126 e. The molecule has 0 saturated heterocycles. The van der Waals surface area contributed by atoms with Crippen molar-refractivity contribution in [2.75, 3.05) is 12.8 Å². The van der Waals surface area contributed by atoms with Crippen molar-refractivity contribution < 1.29 is 0 Å². The third-order valence-electron chi connectivity index (χ3n) is 2.47. The quantitative estimate of drug-likeness (QED) is 0.701. The monoisotopic (exact) mass is 180 g/mol. The lowest BCUT2D eigenvalue weighted by Gasteiger charge is -2.11. The summed E-state index contributed by atoms with van der Waals surface area (Å²) in [6.45, 7) is 6.07. The van der Waals surface area contributed by atoms with E-state index in [2.05, 4.69) is 30.9 Å². The SMILES string of the molecule is CC(C)n1nc2c(c1N)CN(C)C2. The van der Waals surface area contributed by atoms with E-state index >= 15 is 0 Å². The molecule has 72 valence electrons. The molecule has 13 heavy (non-hydrogen) atoms. The van der Waals surface area contributed by atoms with E-state index < -0.39 is 0 Å². The maximum Gasteiger partial charge on any atom is 0.126 e. The molecular weight excluding hydrogens is 164 g/mol. The molecule has 4 nitrogen and oxygen atoms in total. The first kappa shape index (κ1) is 8.56. The van der Waals surface area contributed by atoms with Gasteiger partial charge in [-0.25, -0.2) is 4.68 Å². The van der Waals surface area contributed by atoms with E-state index in [4.69, 9.17) is 5.73 Å². The van der Waals surface area contributed by atoms with Crippen molar-refractivity contribution in [1.29, 1.82) is 0 Å². The Morgan fingerprint density at radius 3 is 2.62 bits per heavy atom. The Hall–Kier alpha value is -1.03. The van der Waals surface area contributed by atoms with E-state index in [1.54, 1.807) is 0 Å². The van der Waals surface area contributed by atoms with Crippen LogP contribution in [0, 0.1) is 0 Å². The first-order valence-corrected chi connectivity index (χ1v) is 4.64. The molecule has 0 aromatic carbocycles. The summed E-state index contributed by atoms with van der Waals surface area (Å²) in [5.74, 6) is 0.842. The molecule has 0 atom stereocenters. The molecule has 0 spiro atoms. The number of nitrogens with two attached hydrogens (primary N) is 1. The van der Waals surface area contributed by atoms with E-state index in [0.29, 0.717) is 6.04 Å². The number of nitrogens with zero attached hydrogens (tertiary/aromatic N) is 3. The first-order valence-electron chi connectivity index (χ1n) is 4.64. The summed E-state index contributed by atoms with van der Waals surface area (Å²) in [7, 11) is 2.08. The highest BCUT2D eigenvalue weighted by atomic mass is 15.3. The van der Waals surface area contributed by atoms with Crippen molar-refractivity contribution in [3.05, 3.63) is 11.3 Å². The molecule has 0 amide bonds. The lowest BCUT2D eigenvalue weighted by molar-refractivity contribution is 0.344. The topological polar surface area (TPSA) is 47.1 Å². The summed E-state index contributed by atoms with van der Waals surface area (Å²) < 4.78 is 1.91. The highest BCUT2D eigenvalue weighted by molar-refractivity contribution is 5.45. The van der Waals surface area contributed by atoms with Crippen molar-refractivity contribution in [1.82, 2.24) is 14.7 Å². The molecule has 1 aromatic rings. The molecule has 1 aromatic heterocycles. The average molecular weight is 180 g/mol. The zero-order valence-corrected chi connectivity index (χ0v) is 8.41. The number of aromatic nitrogens is 2. The van der Waals surface area contributed by atoms with Crippen LogP contribution in [0.4, 0.5) is 5.82 Å². The molecule has 2 heterocycles. The lowest BCUT2D eigenvalue weighted by atomic mass is 10.3. The standard InChI is InChI=1S/C9H16N4/c1-6(2)13-9(10)7-4-12(3)5-8(7)11-13/h6H,4-5,10H2,1-3H3. The van der Waals surface area contributed by atoms with Crippen molar-refractivity contribution in [2.45, 2.75) is 33.0 Å². The number of fused-ring (bicyclic) bond motifs is 1. The highest BCUT2D eigenvalue weighted by Gasteiger charge is 2.24. The van der Waals surface area contributed by atoms with Crippen LogP contribution >= 0.6 is 0 Å². The minimum Gasteiger partial charge on any atom is -0.384 e. The summed E-state index contributed by atoms with van der Waals surface area (Å²) in [5, 5.41) is 4.49. The van der Waals surface area contributed by atoms with E-state index in [1.807, 2.05) is 4.68 Å². The van der Waals surface area contributed by atoms with Gasteiger partial charge in [0.2, 0.25) is 0 Å². The summed E-state index contributed by atoms with van der Waals surface area (Å²) in [5.41, 5.74) is 8.36. The van der Waals surface area contributed by atoms with Gasteiger partial charge in [-0.15, -0.1) is 0 Å². The van der Waals surface area contributed by atoms with E-state index in [1.165, 1.54) is 5.56 Å². The van der Waals surface area contributed by atoms with Crippen LogP contribution in [0.2, 0.25) is 0 Å². The van der Waals surface area contributed by atoms with Gasteiger partial charge in [0.05, 0.1) is 5.69 Å². The zero-order valence-electron chi connectivity index (χ0n) is 8.41. The fourth-order valence-electron chi connectivity index (χ4n) is 1.80. The number of hydrogen-bond donors (Lipinski definition) is 1. The molecule has 0 unspecified atom stereocenters. The van der Waals surface area contributed by atoms with Gasteiger partial charge in [-0.05, 0) is 20.9 Å². The van der Waals surface area contributed by atoms with Crippen LogP contribution in [-0.4, -0.2) is 21.7 Å². The number of hydrogen-bond acceptors (Lipinski definition) is 3. The van der Waals surface area contributed by atoms with E-state index in [-0.39, 0.29) is 0 Å². The van der Waals surface area contributed by atoms with Crippen LogP contribution in [0.5, 0.6) is 0 Å². The molecule has 0 saturated carbocycles. The zero-order chi connectivity index (χ0) is 9.59. The summed E-state index contributed by atoms with van der Waals surface area (Å²) in [6, 6.07) is 0.357. The highest BCUT2D eigenvalue weighted by Crippen LogP contribution is 2.27. The predicted octanol–water partition coefficient (Wildman–Crippen LogP) is 0.992. The summed E-state index contributed by atoms with van der Waals surface area (Å²) in [4.78, 5) is 2.22. The van der Waals surface area contributed by atoms with Crippen LogP contribution in [0.15, 0.2) is 0 Å². The molecule has 2 N–H and O–H groups in total. The molecular formula is C9H16N4. The Kier molecular flexibility index (Phi) is 1.80. The van der Waals surface area contributed by atoms with Crippen LogP contribution in [0.25, 0.3) is 0 Å². The van der Waals surface area contributed by atoms with Gasteiger partial charge < -0.3 is 5.73 Å². The molecule has 0 fully saturated rings. The summed E-state index contributed by atoms with van der Waals surface area (Å²) >= 11 is 0. The number of nitrogen functional groups attached to an aromatic ring is 1. The van der Waals surface area contributed by atoms with Crippen molar-refractivity contribution in [3.8, 4) is 0 Å². The van der Waals surface area contributed by atoms with Crippen LogP contribution in [0.3, 0.4) is 0 Å². The van der Waals surface area contributed by atoms with Crippen molar-refractivity contribution in [2.24, 2.45) is 0 Å². The minimum atomic E-state index is 0.357. The van der Waals surface area contributed by atoms with Crippen molar-refractivity contribution >= 4 is 5.82 Å². The van der Waals surface area contributed by atoms with Gasteiger partial charge in [0.25, 0.3) is 0 Å². The lowest BCUT2D eigenvalue weighted by Crippen LogP contribution is -2.14. The second-order valence-corrected chi connectivity index (χ2v) is 4.02. The van der Waals surface area contributed by atoms with E-state index in [0.717, 1.165) is 24.6 Å². The second kappa shape index (κ2) is 2.73. The summed E-state index contributed by atoms with van der Waals surface area (Å²) in [6.07, 6.45) is 0. The fraction of sp³-hybridized carbons (Fsp3) is 0.667. The Morgan fingerprint density at radius 2 is 2.08 bits per heavy atom. The molecule has 1 aliphatic rings. The predicted molar refractivity (Wildman–Crippen MR) is 52.2 cm³/mol. The Labute approximate surface area is 78.3 Å². The minimum absolute atomic E-state index is 0.357. The average Bonchev–Trinajstić information content (AvgIpc) is 2.51. The van der Waals surface area contributed by atoms with Gasteiger partial charge in [-0.1, -0.05) is 0 Å². The van der Waals surface area contributed by atoms with Crippen LogP contribution in [0.1, 0.15) is 31.1 Å². The first-order chi connectivity index (χ1) is 6.09. The Morgan fingerprint density at radius 1 is 1.38 bits per heavy atom. The normalized spacial score (nSPS) is 16.9. The molecule has 4 heteroatoms. The fourth-order valence-corrected chi connectivity index (χ4v) is 1.80.